The average molecular weight is 285 g/mol. The zero-order chi connectivity index (χ0) is 15.1. The molecule has 0 spiro atoms. The van der Waals surface area contributed by atoms with Crippen LogP contribution in [0.5, 0.6) is 11.5 Å². The molecule has 2 aromatic carbocycles. The molecular formula is C18H23NO2. The van der Waals surface area contributed by atoms with Crippen LogP contribution in [0.4, 0.5) is 0 Å². The van der Waals surface area contributed by atoms with Crippen molar-refractivity contribution in [3.63, 3.8) is 0 Å². The molecule has 0 heterocycles. The Kier molecular flexibility index (Phi) is 5.64. The van der Waals surface area contributed by atoms with Crippen molar-refractivity contribution < 1.29 is 9.47 Å². The van der Waals surface area contributed by atoms with Crippen LogP contribution in [0, 0.1) is 6.92 Å². The number of nitrogens with one attached hydrogen (secondary N) is 1. The van der Waals surface area contributed by atoms with Crippen LogP contribution in [0.3, 0.4) is 0 Å². The van der Waals surface area contributed by atoms with E-state index in [4.69, 9.17) is 9.47 Å². The summed E-state index contributed by atoms with van der Waals surface area (Å²) >= 11 is 0. The van der Waals surface area contributed by atoms with E-state index in [1.54, 1.807) is 0 Å². The number of rotatable bonds is 7. The average Bonchev–Trinajstić information content (AvgIpc) is 2.53. The molecule has 0 aliphatic carbocycles. The van der Waals surface area contributed by atoms with Crippen molar-refractivity contribution in [1.29, 1.82) is 0 Å². The van der Waals surface area contributed by atoms with Gasteiger partial charge < -0.3 is 14.8 Å². The fraction of sp³-hybridized carbons (Fsp3) is 0.333. The quantitative estimate of drug-likeness (QED) is 0.786. The fourth-order valence-corrected chi connectivity index (χ4v) is 2.12. The molecular weight excluding hydrogens is 262 g/mol. The number of aryl methyl sites for hydroxylation is 1. The second-order valence-corrected chi connectivity index (χ2v) is 5.06. The Morgan fingerprint density at radius 1 is 1.00 bits per heavy atom. The Bertz CT molecular complexity index is 554. The number of benzene rings is 2. The van der Waals surface area contributed by atoms with Gasteiger partial charge in [-0.05, 0) is 39.1 Å². The van der Waals surface area contributed by atoms with E-state index in [9.17, 15) is 0 Å². The summed E-state index contributed by atoms with van der Waals surface area (Å²) < 4.78 is 11.5. The number of para-hydroxylation sites is 1. The molecule has 21 heavy (non-hydrogen) atoms. The van der Waals surface area contributed by atoms with E-state index in [0.29, 0.717) is 13.2 Å². The molecule has 112 valence electrons. The first-order chi connectivity index (χ1) is 10.2. The van der Waals surface area contributed by atoms with Gasteiger partial charge in [0.05, 0.1) is 0 Å². The van der Waals surface area contributed by atoms with Crippen LogP contribution in [0.2, 0.25) is 0 Å². The fourth-order valence-electron chi connectivity index (χ4n) is 2.12. The van der Waals surface area contributed by atoms with Crippen molar-refractivity contribution in [2.24, 2.45) is 0 Å². The first-order valence-corrected chi connectivity index (χ1v) is 7.29. The van der Waals surface area contributed by atoms with Crippen LogP contribution in [0.15, 0.2) is 48.5 Å². The highest BCUT2D eigenvalue weighted by Gasteiger charge is 2.10. The summed E-state index contributed by atoms with van der Waals surface area (Å²) in [5.74, 6) is 1.79. The van der Waals surface area contributed by atoms with Crippen LogP contribution < -0.4 is 14.8 Å². The van der Waals surface area contributed by atoms with Crippen molar-refractivity contribution in [3.05, 3.63) is 59.7 Å². The molecule has 0 aliphatic rings. The Balaban J connectivity index is 1.91. The summed E-state index contributed by atoms with van der Waals surface area (Å²) in [4.78, 5) is 0. The number of hydrogen-bond acceptors (Lipinski definition) is 3. The van der Waals surface area contributed by atoms with E-state index < -0.39 is 0 Å². The highest BCUT2D eigenvalue weighted by atomic mass is 16.5. The number of hydrogen-bond donors (Lipinski definition) is 1. The molecule has 0 saturated heterocycles. The van der Waals surface area contributed by atoms with Gasteiger partial charge in [-0.25, -0.2) is 0 Å². The molecule has 0 fully saturated rings. The Morgan fingerprint density at radius 3 is 2.43 bits per heavy atom. The van der Waals surface area contributed by atoms with Crippen LogP contribution in [-0.4, -0.2) is 20.3 Å². The van der Waals surface area contributed by atoms with E-state index in [0.717, 1.165) is 11.5 Å². The van der Waals surface area contributed by atoms with E-state index in [2.05, 4.69) is 31.3 Å². The van der Waals surface area contributed by atoms with Gasteiger partial charge in [-0.2, -0.15) is 0 Å². The van der Waals surface area contributed by atoms with Crippen LogP contribution >= 0.6 is 0 Å². The van der Waals surface area contributed by atoms with Crippen molar-refractivity contribution in [2.75, 3.05) is 20.3 Å². The lowest BCUT2D eigenvalue weighted by molar-refractivity contribution is 0.215. The van der Waals surface area contributed by atoms with E-state index in [1.807, 2.05) is 43.4 Å². The maximum Gasteiger partial charge on any atom is 0.124 e. The van der Waals surface area contributed by atoms with Crippen molar-refractivity contribution >= 4 is 0 Å². The maximum atomic E-state index is 5.87. The van der Waals surface area contributed by atoms with Crippen molar-refractivity contribution in [1.82, 2.24) is 5.32 Å². The van der Waals surface area contributed by atoms with Gasteiger partial charge in [0.15, 0.2) is 0 Å². The summed E-state index contributed by atoms with van der Waals surface area (Å²) in [5.41, 5.74) is 2.41. The molecule has 2 rings (SSSR count). The topological polar surface area (TPSA) is 30.5 Å². The molecule has 0 saturated carbocycles. The number of ether oxygens (including phenoxy) is 2. The highest BCUT2D eigenvalue weighted by Crippen LogP contribution is 2.26. The predicted octanol–water partition coefficient (Wildman–Crippen LogP) is 3.73. The smallest absolute Gasteiger partial charge is 0.124 e. The van der Waals surface area contributed by atoms with E-state index >= 15 is 0 Å². The van der Waals surface area contributed by atoms with Crippen molar-refractivity contribution in [3.8, 4) is 11.5 Å². The van der Waals surface area contributed by atoms with E-state index in [-0.39, 0.29) is 6.04 Å². The SMILES string of the molecule is CNC(C)c1cc(C)ccc1OCCOc1ccccc1. The standard InChI is InChI=1S/C18H23NO2/c1-14-9-10-18(17(13-14)15(2)19-3)21-12-11-20-16-7-5-4-6-8-16/h4-10,13,15,19H,11-12H2,1-3H3. The molecule has 2 aromatic rings. The summed E-state index contributed by atoms with van der Waals surface area (Å²) in [6, 6.07) is 16.3. The van der Waals surface area contributed by atoms with Gasteiger partial charge in [0, 0.05) is 11.6 Å². The van der Waals surface area contributed by atoms with Crippen molar-refractivity contribution in [2.45, 2.75) is 19.9 Å². The minimum Gasteiger partial charge on any atom is -0.490 e. The normalized spacial score (nSPS) is 12.0. The third-order valence-corrected chi connectivity index (χ3v) is 3.42. The Hall–Kier alpha value is -2.00. The van der Waals surface area contributed by atoms with Gasteiger partial charge in [0.1, 0.15) is 24.7 Å². The third-order valence-electron chi connectivity index (χ3n) is 3.42. The van der Waals surface area contributed by atoms with Crippen LogP contribution in [0.25, 0.3) is 0 Å². The second-order valence-electron chi connectivity index (χ2n) is 5.06. The molecule has 3 nitrogen and oxygen atoms in total. The van der Waals surface area contributed by atoms with Gasteiger partial charge in [-0.1, -0.05) is 35.9 Å². The lowest BCUT2D eigenvalue weighted by Gasteiger charge is -2.17. The molecule has 0 radical (unpaired) electrons. The minimum atomic E-state index is 0.259. The predicted molar refractivity (Wildman–Crippen MR) is 86.1 cm³/mol. The third kappa shape index (κ3) is 4.50. The molecule has 0 aromatic heterocycles. The summed E-state index contributed by atoms with van der Waals surface area (Å²) in [5, 5.41) is 3.25. The summed E-state index contributed by atoms with van der Waals surface area (Å²) in [7, 11) is 1.95. The van der Waals surface area contributed by atoms with Crippen LogP contribution in [0.1, 0.15) is 24.1 Å². The highest BCUT2D eigenvalue weighted by molar-refractivity contribution is 5.39. The van der Waals surface area contributed by atoms with Gasteiger partial charge >= 0.3 is 0 Å². The van der Waals surface area contributed by atoms with Crippen LogP contribution in [-0.2, 0) is 0 Å². The minimum absolute atomic E-state index is 0.259. The Morgan fingerprint density at radius 2 is 1.71 bits per heavy atom. The second kappa shape index (κ2) is 7.70. The molecule has 0 aliphatic heterocycles. The van der Waals surface area contributed by atoms with Gasteiger partial charge in [-0.15, -0.1) is 0 Å². The maximum absolute atomic E-state index is 5.87. The molecule has 1 unspecified atom stereocenters. The van der Waals surface area contributed by atoms with Gasteiger partial charge in [-0.3, -0.25) is 0 Å². The zero-order valence-electron chi connectivity index (χ0n) is 12.9. The lowest BCUT2D eigenvalue weighted by atomic mass is 10.0. The molecule has 1 N–H and O–H groups in total. The zero-order valence-corrected chi connectivity index (χ0v) is 12.9. The van der Waals surface area contributed by atoms with E-state index in [1.165, 1.54) is 11.1 Å². The summed E-state index contributed by atoms with van der Waals surface area (Å²) in [6.07, 6.45) is 0. The molecule has 3 heteroatoms. The first-order valence-electron chi connectivity index (χ1n) is 7.29. The monoisotopic (exact) mass is 285 g/mol. The first kappa shape index (κ1) is 15.4. The Labute approximate surface area is 126 Å². The lowest BCUT2D eigenvalue weighted by Crippen LogP contribution is -2.15. The summed E-state index contributed by atoms with van der Waals surface area (Å²) in [6.45, 7) is 5.28. The largest absolute Gasteiger partial charge is 0.490 e. The molecule has 0 bridgehead atoms. The molecule has 0 amide bonds. The molecule has 1 atom stereocenters. The van der Waals surface area contributed by atoms with Gasteiger partial charge in [0.2, 0.25) is 0 Å². The van der Waals surface area contributed by atoms with Gasteiger partial charge in [0.25, 0.3) is 0 Å².